The van der Waals surface area contributed by atoms with Crippen molar-refractivity contribution in [2.24, 2.45) is 5.92 Å². The van der Waals surface area contributed by atoms with Gasteiger partial charge >= 0.3 is 12.1 Å². The minimum absolute atomic E-state index is 0.00782. The number of carbonyl (C=O) groups excluding carboxylic acids is 1. The van der Waals surface area contributed by atoms with Crippen LogP contribution in [0, 0.1) is 5.92 Å². The number of fused-ring (bicyclic) bond motifs is 3. The molecule has 9 nitrogen and oxygen atoms in total. The molecule has 1 aromatic carbocycles. The van der Waals surface area contributed by atoms with Crippen LogP contribution in [-0.2, 0) is 22.5 Å². The summed E-state index contributed by atoms with van der Waals surface area (Å²) < 4.78 is 9.16. The first-order valence-corrected chi connectivity index (χ1v) is 13.0. The Labute approximate surface area is 215 Å². The van der Waals surface area contributed by atoms with Gasteiger partial charge in [-0.15, -0.1) is 0 Å². The minimum atomic E-state index is -0.731. The number of benzene rings is 1. The van der Waals surface area contributed by atoms with Crippen molar-refractivity contribution in [1.82, 2.24) is 19.3 Å². The second-order valence-corrected chi connectivity index (χ2v) is 10.5. The van der Waals surface area contributed by atoms with Crippen LogP contribution < -0.4 is 4.90 Å². The average molecular weight is 514 g/mol. The second-order valence-electron chi connectivity index (χ2n) is 10.1. The van der Waals surface area contributed by atoms with Crippen LogP contribution in [0.3, 0.4) is 0 Å². The third-order valence-electron chi connectivity index (χ3n) is 7.72. The van der Waals surface area contributed by atoms with Crippen LogP contribution in [0.1, 0.15) is 69.3 Å². The van der Waals surface area contributed by atoms with E-state index in [2.05, 4.69) is 16.6 Å². The molecule has 2 aliphatic rings. The van der Waals surface area contributed by atoms with E-state index in [0.29, 0.717) is 24.5 Å². The van der Waals surface area contributed by atoms with E-state index in [1.807, 2.05) is 29.9 Å². The number of carboxylic acid groups (broad SMARTS) is 1. The SMILES string of the molecule is COC(=O)N1c2ccc3c(nc(C(C)Cn4ccc(Cl)n4)n3[C@@H]3CCC[C@@H](C(=O)O)C3)c2CC[C@@H]1C. The number of aromatic nitrogens is 4. The summed E-state index contributed by atoms with van der Waals surface area (Å²) in [6.45, 7) is 4.73. The van der Waals surface area contributed by atoms with Gasteiger partial charge in [-0.25, -0.2) is 9.78 Å². The predicted octanol–water partition coefficient (Wildman–Crippen LogP) is 5.41. The molecule has 3 aromatic rings. The molecule has 1 amide bonds. The number of hydrogen-bond donors (Lipinski definition) is 1. The topological polar surface area (TPSA) is 102 Å². The molecule has 0 bridgehead atoms. The van der Waals surface area contributed by atoms with Crippen LogP contribution in [0.2, 0.25) is 5.15 Å². The molecular weight excluding hydrogens is 482 g/mol. The fourth-order valence-electron chi connectivity index (χ4n) is 5.95. The zero-order valence-electron chi connectivity index (χ0n) is 20.9. The van der Waals surface area contributed by atoms with Crippen molar-refractivity contribution in [2.75, 3.05) is 12.0 Å². The summed E-state index contributed by atoms with van der Waals surface area (Å²) in [6, 6.07) is 5.85. The molecule has 36 heavy (non-hydrogen) atoms. The molecule has 5 rings (SSSR count). The highest BCUT2D eigenvalue weighted by molar-refractivity contribution is 6.29. The van der Waals surface area contributed by atoms with Gasteiger partial charge in [-0.3, -0.25) is 14.4 Å². The summed E-state index contributed by atoms with van der Waals surface area (Å²) in [5, 5.41) is 14.5. The molecule has 192 valence electrons. The van der Waals surface area contributed by atoms with E-state index in [0.717, 1.165) is 53.8 Å². The van der Waals surface area contributed by atoms with E-state index in [4.69, 9.17) is 21.3 Å². The van der Waals surface area contributed by atoms with Crippen molar-refractivity contribution in [3.05, 3.63) is 40.9 Å². The molecule has 0 saturated heterocycles. The number of amides is 1. The first kappa shape index (κ1) is 24.6. The number of hydrogen-bond acceptors (Lipinski definition) is 5. The normalized spacial score (nSPS) is 22.9. The Kier molecular flexibility index (Phi) is 6.68. The lowest BCUT2D eigenvalue weighted by atomic mass is 9.85. The molecule has 10 heteroatoms. The number of carboxylic acids is 1. The second kappa shape index (κ2) is 9.76. The van der Waals surface area contributed by atoms with Gasteiger partial charge in [0.15, 0.2) is 5.15 Å². The molecule has 1 N–H and O–H groups in total. The van der Waals surface area contributed by atoms with Crippen molar-refractivity contribution in [3.8, 4) is 0 Å². The van der Waals surface area contributed by atoms with Crippen molar-refractivity contribution in [3.63, 3.8) is 0 Å². The van der Waals surface area contributed by atoms with E-state index in [-0.39, 0.29) is 30.0 Å². The summed E-state index contributed by atoms with van der Waals surface area (Å²) in [5.41, 5.74) is 3.74. The van der Waals surface area contributed by atoms with Crippen LogP contribution >= 0.6 is 11.6 Å². The molecule has 1 unspecified atom stereocenters. The van der Waals surface area contributed by atoms with E-state index >= 15 is 0 Å². The Balaban J connectivity index is 1.64. The highest BCUT2D eigenvalue weighted by atomic mass is 35.5. The fourth-order valence-corrected chi connectivity index (χ4v) is 6.10. The number of methoxy groups -OCH3 is 1. The van der Waals surface area contributed by atoms with Gasteiger partial charge in [-0.1, -0.05) is 24.9 Å². The maximum Gasteiger partial charge on any atom is 0.414 e. The Bertz CT molecular complexity index is 1300. The molecule has 3 heterocycles. The van der Waals surface area contributed by atoms with Crippen LogP contribution in [0.5, 0.6) is 0 Å². The molecule has 2 aromatic heterocycles. The number of ether oxygens (including phenoxy) is 1. The number of imidazole rings is 1. The number of carbonyl (C=O) groups is 2. The lowest BCUT2D eigenvalue weighted by molar-refractivity contribution is -0.143. The number of aryl methyl sites for hydroxylation is 1. The van der Waals surface area contributed by atoms with Gasteiger partial charge in [-0.05, 0) is 57.2 Å². The summed E-state index contributed by atoms with van der Waals surface area (Å²) in [4.78, 5) is 31.4. The standard InChI is InChI=1S/C26H32ClN5O4/c1-15(14-30-12-11-22(27)29-30)24-28-23-19-8-7-16(2)31(26(35)36-3)20(19)9-10-21(23)32(24)18-6-4-5-17(13-18)25(33)34/h9-12,15-18H,4-8,13-14H2,1-3H3,(H,33,34)/t15?,16-,17+,18+/m0/s1. The zero-order valence-corrected chi connectivity index (χ0v) is 21.6. The van der Waals surface area contributed by atoms with Gasteiger partial charge in [0.2, 0.25) is 0 Å². The summed E-state index contributed by atoms with van der Waals surface area (Å²) in [5.74, 6) is -0.176. The van der Waals surface area contributed by atoms with Gasteiger partial charge in [0.25, 0.3) is 0 Å². The average Bonchev–Trinajstić information content (AvgIpc) is 3.46. The van der Waals surface area contributed by atoms with Crippen molar-refractivity contribution in [2.45, 2.75) is 76.9 Å². The predicted molar refractivity (Wildman–Crippen MR) is 137 cm³/mol. The van der Waals surface area contributed by atoms with E-state index in [1.54, 1.807) is 11.0 Å². The highest BCUT2D eigenvalue weighted by Gasteiger charge is 2.35. The van der Waals surface area contributed by atoms with E-state index in [1.165, 1.54) is 7.11 Å². The molecule has 1 aliphatic heterocycles. The molecule has 4 atom stereocenters. The van der Waals surface area contributed by atoms with Gasteiger partial charge in [-0.2, -0.15) is 5.10 Å². The third kappa shape index (κ3) is 4.34. The summed E-state index contributed by atoms with van der Waals surface area (Å²) in [6.07, 6.45) is 6.16. The monoisotopic (exact) mass is 513 g/mol. The molecule has 1 aliphatic carbocycles. The largest absolute Gasteiger partial charge is 0.481 e. The summed E-state index contributed by atoms with van der Waals surface area (Å²) in [7, 11) is 1.40. The molecular formula is C26H32ClN5O4. The molecule has 1 saturated carbocycles. The van der Waals surface area contributed by atoms with Crippen LogP contribution in [0.4, 0.5) is 10.5 Å². The summed E-state index contributed by atoms with van der Waals surface area (Å²) >= 11 is 6.04. The van der Waals surface area contributed by atoms with Gasteiger partial charge < -0.3 is 14.4 Å². The Morgan fingerprint density at radius 3 is 2.75 bits per heavy atom. The van der Waals surface area contributed by atoms with Crippen molar-refractivity contribution < 1.29 is 19.4 Å². The van der Waals surface area contributed by atoms with E-state index in [9.17, 15) is 14.7 Å². The number of rotatable bonds is 5. The Hall–Kier alpha value is -3.07. The molecule has 1 fully saturated rings. The first-order chi connectivity index (χ1) is 17.3. The van der Waals surface area contributed by atoms with Crippen LogP contribution in [-0.4, -0.2) is 49.7 Å². The highest BCUT2D eigenvalue weighted by Crippen LogP contribution is 2.41. The Morgan fingerprint density at radius 2 is 2.06 bits per heavy atom. The molecule has 0 spiro atoms. The minimum Gasteiger partial charge on any atom is -0.481 e. The van der Waals surface area contributed by atoms with Crippen molar-refractivity contribution in [1.29, 1.82) is 0 Å². The smallest absolute Gasteiger partial charge is 0.414 e. The molecule has 0 radical (unpaired) electrons. The lowest BCUT2D eigenvalue weighted by Crippen LogP contribution is -2.42. The van der Waals surface area contributed by atoms with Gasteiger partial charge in [0.1, 0.15) is 5.82 Å². The quantitative estimate of drug-likeness (QED) is 0.489. The third-order valence-corrected chi connectivity index (χ3v) is 7.93. The van der Waals surface area contributed by atoms with Crippen molar-refractivity contribution >= 4 is 40.4 Å². The number of aliphatic carboxylic acids is 1. The zero-order chi connectivity index (χ0) is 25.6. The van der Waals surface area contributed by atoms with Gasteiger partial charge in [0, 0.05) is 29.8 Å². The fraction of sp³-hybridized carbons (Fsp3) is 0.538. The van der Waals surface area contributed by atoms with Gasteiger partial charge in [0.05, 0.1) is 36.3 Å². The first-order valence-electron chi connectivity index (χ1n) is 12.6. The number of anilines is 1. The number of halogens is 1. The maximum atomic E-state index is 12.6. The maximum absolute atomic E-state index is 12.6. The van der Waals surface area contributed by atoms with Crippen LogP contribution in [0.25, 0.3) is 11.0 Å². The van der Waals surface area contributed by atoms with E-state index < -0.39 is 5.97 Å². The lowest BCUT2D eigenvalue weighted by Gasteiger charge is -2.34. The Morgan fingerprint density at radius 1 is 1.25 bits per heavy atom. The number of nitrogens with zero attached hydrogens (tertiary/aromatic N) is 5. The van der Waals surface area contributed by atoms with Crippen LogP contribution in [0.15, 0.2) is 24.4 Å².